The van der Waals surface area contributed by atoms with Gasteiger partial charge in [-0.3, -0.25) is 4.79 Å². The predicted octanol–water partition coefficient (Wildman–Crippen LogP) is 1.55. The lowest BCUT2D eigenvalue weighted by molar-refractivity contribution is -0.142. The molecule has 2 fully saturated rings. The van der Waals surface area contributed by atoms with Gasteiger partial charge in [-0.25, -0.2) is 0 Å². The predicted molar refractivity (Wildman–Crippen MR) is 82.3 cm³/mol. The molecule has 4 atom stereocenters. The molecule has 1 saturated carbocycles. The van der Waals surface area contributed by atoms with Gasteiger partial charge in [-0.15, -0.1) is 0 Å². The Labute approximate surface area is 123 Å². The average Bonchev–Trinajstić information content (AvgIpc) is 2.85. The van der Waals surface area contributed by atoms with Crippen LogP contribution in [0, 0.1) is 17.3 Å². The summed E-state index contributed by atoms with van der Waals surface area (Å²) in [5, 5.41) is 0. The number of hydrogen-bond acceptors (Lipinski definition) is 3. The fraction of sp³-hybridized carbons (Fsp3) is 0.938. The highest BCUT2D eigenvalue weighted by atomic mass is 16.2. The monoisotopic (exact) mass is 281 g/mol. The fourth-order valence-electron chi connectivity index (χ4n) is 3.88. The summed E-state index contributed by atoms with van der Waals surface area (Å²) < 4.78 is 0. The summed E-state index contributed by atoms with van der Waals surface area (Å²) in [5.41, 5.74) is 6.20. The number of carbonyl (C=O) groups is 1. The van der Waals surface area contributed by atoms with Gasteiger partial charge in [-0.2, -0.15) is 0 Å². The van der Waals surface area contributed by atoms with Crippen LogP contribution >= 0.6 is 0 Å². The zero-order valence-corrected chi connectivity index (χ0v) is 13.7. The molecular weight excluding hydrogens is 250 g/mol. The van der Waals surface area contributed by atoms with Gasteiger partial charge in [0.25, 0.3) is 0 Å². The van der Waals surface area contributed by atoms with Gasteiger partial charge in [0, 0.05) is 31.1 Å². The van der Waals surface area contributed by atoms with Crippen LogP contribution in [0.5, 0.6) is 0 Å². The first-order valence-electron chi connectivity index (χ1n) is 7.96. The molecule has 2 aliphatic rings. The Morgan fingerprint density at radius 3 is 2.45 bits per heavy atom. The Kier molecular flexibility index (Phi) is 4.45. The molecule has 20 heavy (non-hydrogen) atoms. The number of carbonyl (C=O) groups excluding carboxylic acids is 1. The Morgan fingerprint density at radius 1 is 1.25 bits per heavy atom. The second kappa shape index (κ2) is 5.64. The van der Waals surface area contributed by atoms with Crippen molar-refractivity contribution in [3.63, 3.8) is 0 Å². The molecule has 116 valence electrons. The topological polar surface area (TPSA) is 49.6 Å². The van der Waals surface area contributed by atoms with Crippen molar-refractivity contribution >= 4 is 5.91 Å². The van der Waals surface area contributed by atoms with E-state index >= 15 is 0 Å². The lowest BCUT2D eigenvalue weighted by Gasteiger charge is -2.47. The minimum Gasteiger partial charge on any atom is -0.341 e. The summed E-state index contributed by atoms with van der Waals surface area (Å²) >= 11 is 0. The smallest absolute Gasteiger partial charge is 0.226 e. The second-order valence-corrected chi connectivity index (χ2v) is 7.59. The normalized spacial score (nSPS) is 37.5. The summed E-state index contributed by atoms with van der Waals surface area (Å²) in [6.45, 7) is 8.45. The van der Waals surface area contributed by atoms with Crippen molar-refractivity contribution in [3.05, 3.63) is 0 Å². The molecule has 1 heterocycles. The summed E-state index contributed by atoms with van der Waals surface area (Å²) in [4.78, 5) is 17.2. The van der Waals surface area contributed by atoms with E-state index in [1.165, 1.54) is 0 Å². The molecule has 1 saturated heterocycles. The molecule has 0 radical (unpaired) electrons. The van der Waals surface area contributed by atoms with Crippen LogP contribution in [0.4, 0.5) is 0 Å². The van der Waals surface area contributed by atoms with Crippen LogP contribution < -0.4 is 5.73 Å². The van der Waals surface area contributed by atoms with E-state index < -0.39 is 0 Å². The van der Waals surface area contributed by atoms with Crippen molar-refractivity contribution in [1.82, 2.24) is 9.80 Å². The first-order chi connectivity index (χ1) is 9.25. The molecule has 4 nitrogen and oxygen atoms in total. The second-order valence-electron chi connectivity index (χ2n) is 7.59. The average molecular weight is 281 g/mol. The van der Waals surface area contributed by atoms with Crippen LogP contribution in [0.1, 0.15) is 40.0 Å². The zero-order chi connectivity index (χ0) is 15.1. The Bertz CT molecular complexity index is 367. The van der Waals surface area contributed by atoms with E-state index in [-0.39, 0.29) is 17.4 Å². The van der Waals surface area contributed by atoms with Gasteiger partial charge in [0.2, 0.25) is 5.91 Å². The molecule has 2 rings (SSSR count). The van der Waals surface area contributed by atoms with Gasteiger partial charge in [-0.05, 0) is 44.7 Å². The first kappa shape index (κ1) is 15.8. The maximum atomic E-state index is 12.9. The van der Waals surface area contributed by atoms with E-state index in [2.05, 4.69) is 44.7 Å². The number of nitrogens with two attached hydrogens (primary N) is 1. The Hall–Kier alpha value is -0.610. The van der Waals surface area contributed by atoms with E-state index in [0.717, 1.165) is 32.4 Å². The number of likely N-dealkylation sites (N-methyl/N-ethyl adjacent to an activating group) is 1. The van der Waals surface area contributed by atoms with E-state index in [4.69, 9.17) is 5.73 Å². The number of nitrogens with zero attached hydrogens (tertiary/aromatic N) is 2. The van der Waals surface area contributed by atoms with E-state index in [0.29, 0.717) is 17.9 Å². The molecule has 1 aliphatic carbocycles. The molecule has 0 aromatic carbocycles. The van der Waals surface area contributed by atoms with Gasteiger partial charge < -0.3 is 15.5 Å². The van der Waals surface area contributed by atoms with Crippen LogP contribution in [0.25, 0.3) is 0 Å². The molecule has 1 aliphatic heterocycles. The van der Waals surface area contributed by atoms with E-state index in [9.17, 15) is 4.79 Å². The Balaban J connectivity index is 2.06. The third-order valence-corrected chi connectivity index (χ3v) is 6.01. The van der Waals surface area contributed by atoms with Crippen LogP contribution in [0.2, 0.25) is 0 Å². The quantitative estimate of drug-likeness (QED) is 0.835. The van der Waals surface area contributed by atoms with Gasteiger partial charge in [0.1, 0.15) is 0 Å². The van der Waals surface area contributed by atoms with Crippen LogP contribution in [0.15, 0.2) is 0 Å². The molecule has 4 heteroatoms. The molecular formula is C16H31N3O. The maximum Gasteiger partial charge on any atom is 0.226 e. The highest BCUT2D eigenvalue weighted by Crippen LogP contribution is 2.45. The molecule has 4 unspecified atom stereocenters. The van der Waals surface area contributed by atoms with Crippen LogP contribution in [-0.4, -0.2) is 55.0 Å². The fourth-order valence-corrected chi connectivity index (χ4v) is 3.88. The lowest BCUT2D eigenvalue weighted by Crippen LogP contribution is -2.52. The number of likely N-dealkylation sites (tertiary alicyclic amines) is 1. The van der Waals surface area contributed by atoms with Gasteiger partial charge >= 0.3 is 0 Å². The van der Waals surface area contributed by atoms with E-state index in [1.54, 1.807) is 0 Å². The molecule has 0 aromatic rings. The minimum absolute atomic E-state index is 0.00491. The SMILES string of the molecule is CC1C(N)CCC(C(=O)N2CCC(N(C)C)C2)C1(C)C. The standard InChI is InChI=1S/C16H31N3O/c1-11-14(17)7-6-13(16(11,2)3)15(20)19-9-8-12(10-19)18(4)5/h11-14H,6-10,17H2,1-5H3. The minimum atomic E-state index is 0.00491. The van der Waals surface area contributed by atoms with Gasteiger partial charge in [-0.1, -0.05) is 20.8 Å². The van der Waals surface area contributed by atoms with Crippen LogP contribution in [-0.2, 0) is 4.79 Å². The van der Waals surface area contributed by atoms with Gasteiger partial charge in [0.05, 0.1) is 0 Å². The molecule has 0 bridgehead atoms. The largest absolute Gasteiger partial charge is 0.341 e. The number of hydrogen-bond donors (Lipinski definition) is 1. The third kappa shape index (κ3) is 2.73. The first-order valence-corrected chi connectivity index (χ1v) is 7.96. The maximum absolute atomic E-state index is 12.9. The molecule has 2 N–H and O–H groups in total. The van der Waals surface area contributed by atoms with Crippen molar-refractivity contribution in [2.24, 2.45) is 23.0 Å². The number of amides is 1. The molecule has 0 spiro atoms. The third-order valence-electron chi connectivity index (χ3n) is 6.01. The highest BCUT2D eigenvalue weighted by molar-refractivity contribution is 5.80. The van der Waals surface area contributed by atoms with Crippen molar-refractivity contribution in [2.45, 2.75) is 52.1 Å². The lowest BCUT2D eigenvalue weighted by atomic mass is 9.61. The Morgan fingerprint density at radius 2 is 1.90 bits per heavy atom. The van der Waals surface area contributed by atoms with Gasteiger partial charge in [0.15, 0.2) is 0 Å². The summed E-state index contributed by atoms with van der Waals surface area (Å²) in [6, 6.07) is 0.757. The van der Waals surface area contributed by atoms with Crippen molar-refractivity contribution in [2.75, 3.05) is 27.2 Å². The van der Waals surface area contributed by atoms with E-state index in [1.807, 2.05) is 0 Å². The van der Waals surface area contributed by atoms with Crippen molar-refractivity contribution < 1.29 is 4.79 Å². The summed E-state index contributed by atoms with van der Waals surface area (Å²) in [5.74, 6) is 0.897. The zero-order valence-electron chi connectivity index (χ0n) is 13.7. The summed E-state index contributed by atoms with van der Waals surface area (Å²) in [6.07, 6.45) is 3.02. The summed E-state index contributed by atoms with van der Waals surface area (Å²) in [7, 11) is 4.20. The van der Waals surface area contributed by atoms with Crippen molar-refractivity contribution in [1.29, 1.82) is 0 Å². The highest BCUT2D eigenvalue weighted by Gasteiger charge is 2.47. The number of rotatable bonds is 2. The van der Waals surface area contributed by atoms with Crippen LogP contribution in [0.3, 0.4) is 0 Å². The van der Waals surface area contributed by atoms with Crippen molar-refractivity contribution in [3.8, 4) is 0 Å². The molecule has 1 amide bonds. The molecule has 0 aromatic heterocycles.